The molecular formula is C19H19FN4O. The van der Waals surface area contributed by atoms with Crippen LogP contribution in [0.1, 0.15) is 23.9 Å². The van der Waals surface area contributed by atoms with E-state index in [0.717, 1.165) is 17.1 Å². The van der Waals surface area contributed by atoms with E-state index >= 15 is 0 Å². The third-order valence-corrected chi connectivity index (χ3v) is 4.61. The van der Waals surface area contributed by atoms with E-state index in [1.54, 1.807) is 12.4 Å². The fraction of sp³-hybridized carbons (Fsp3) is 0.263. The summed E-state index contributed by atoms with van der Waals surface area (Å²) in [5.74, 6) is 0.535. The molecule has 0 amide bonds. The summed E-state index contributed by atoms with van der Waals surface area (Å²) < 4.78 is 15.5. The average molecular weight is 338 g/mol. The fourth-order valence-corrected chi connectivity index (χ4v) is 3.47. The first kappa shape index (κ1) is 15.9. The number of halogens is 1. The van der Waals surface area contributed by atoms with Gasteiger partial charge in [0.2, 0.25) is 0 Å². The van der Waals surface area contributed by atoms with Crippen molar-refractivity contribution in [3.8, 4) is 5.69 Å². The van der Waals surface area contributed by atoms with Gasteiger partial charge in [-0.25, -0.2) is 4.39 Å². The van der Waals surface area contributed by atoms with Gasteiger partial charge in [-0.05, 0) is 36.2 Å². The van der Waals surface area contributed by atoms with Crippen molar-refractivity contribution in [1.82, 2.24) is 19.7 Å². The molecule has 1 fully saturated rings. The molecule has 1 saturated heterocycles. The van der Waals surface area contributed by atoms with E-state index < -0.39 is 6.10 Å². The molecule has 0 radical (unpaired) electrons. The number of rotatable bonds is 4. The van der Waals surface area contributed by atoms with E-state index in [0.29, 0.717) is 19.5 Å². The van der Waals surface area contributed by atoms with Gasteiger partial charge in [0.25, 0.3) is 0 Å². The zero-order valence-electron chi connectivity index (χ0n) is 13.7. The van der Waals surface area contributed by atoms with Crippen molar-refractivity contribution in [3.05, 3.63) is 78.1 Å². The number of hydrogen-bond acceptors (Lipinski definition) is 4. The molecule has 3 aromatic rings. The van der Waals surface area contributed by atoms with Gasteiger partial charge in [0.15, 0.2) is 5.82 Å². The maximum absolute atomic E-state index is 13.6. The van der Waals surface area contributed by atoms with Gasteiger partial charge in [-0.15, -0.1) is 10.2 Å². The Morgan fingerprint density at radius 1 is 1.12 bits per heavy atom. The molecule has 6 heteroatoms. The molecule has 0 unspecified atom stereocenters. The van der Waals surface area contributed by atoms with Crippen molar-refractivity contribution in [2.75, 3.05) is 6.54 Å². The van der Waals surface area contributed by atoms with E-state index in [9.17, 15) is 9.50 Å². The Morgan fingerprint density at radius 3 is 2.76 bits per heavy atom. The van der Waals surface area contributed by atoms with Crippen LogP contribution in [-0.4, -0.2) is 37.4 Å². The standard InChI is InChI=1S/C19H19FN4O/c20-15-6-4-5-14(9-15)18-10-17(25)11-23(18)12-19-22-21-13-24(19)16-7-2-1-3-8-16/h1-9,13,17-18,25H,10-12H2/t17-,18-/m1/s1. The van der Waals surface area contributed by atoms with Crippen LogP contribution in [0.4, 0.5) is 4.39 Å². The van der Waals surface area contributed by atoms with Crippen LogP contribution in [0.2, 0.25) is 0 Å². The highest BCUT2D eigenvalue weighted by Gasteiger charge is 2.33. The summed E-state index contributed by atoms with van der Waals surface area (Å²) in [7, 11) is 0. The van der Waals surface area contributed by atoms with Crippen LogP contribution in [0.3, 0.4) is 0 Å². The Kier molecular flexibility index (Phi) is 4.29. The Balaban J connectivity index is 1.61. The minimum absolute atomic E-state index is 0.0355. The molecular weight excluding hydrogens is 319 g/mol. The zero-order chi connectivity index (χ0) is 17.2. The van der Waals surface area contributed by atoms with Crippen LogP contribution >= 0.6 is 0 Å². The van der Waals surface area contributed by atoms with Gasteiger partial charge in [-0.1, -0.05) is 30.3 Å². The summed E-state index contributed by atoms with van der Waals surface area (Å²) in [5.41, 5.74) is 1.87. The first-order chi connectivity index (χ1) is 12.2. The van der Waals surface area contributed by atoms with Crippen molar-refractivity contribution in [2.24, 2.45) is 0 Å². The van der Waals surface area contributed by atoms with Crippen molar-refractivity contribution >= 4 is 0 Å². The smallest absolute Gasteiger partial charge is 0.151 e. The summed E-state index contributed by atoms with van der Waals surface area (Å²) in [6.07, 6.45) is 1.85. The monoisotopic (exact) mass is 338 g/mol. The van der Waals surface area contributed by atoms with Gasteiger partial charge in [-0.2, -0.15) is 0 Å². The van der Waals surface area contributed by atoms with Crippen LogP contribution in [0, 0.1) is 5.82 Å². The molecule has 2 heterocycles. The highest BCUT2D eigenvalue weighted by atomic mass is 19.1. The number of aromatic nitrogens is 3. The third-order valence-electron chi connectivity index (χ3n) is 4.61. The van der Waals surface area contributed by atoms with Gasteiger partial charge in [0.05, 0.1) is 12.6 Å². The summed E-state index contributed by atoms with van der Waals surface area (Å²) in [5, 5.41) is 18.4. The van der Waals surface area contributed by atoms with Gasteiger partial charge < -0.3 is 5.11 Å². The van der Waals surface area contributed by atoms with Crippen LogP contribution in [0.15, 0.2) is 60.9 Å². The molecule has 5 nitrogen and oxygen atoms in total. The highest BCUT2D eigenvalue weighted by Crippen LogP contribution is 2.33. The molecule has 1 aliphatic heterocycles. The first-order valence-electron chi connectivity index (χ1n) is 8.32. The number of aliphatic hydroxyl groups is 1. The first-order valence-corrected chi connectivity index (χ1v) is 8.32. The summed E-state index contributed by atoms with van der Waals surface area (Å²) in [6.45, 7) is 1.07. The minimum atomic E-state index is -0.429. The summed E-state index contributed by atoms with van der Waals surface area (Å²) in [4.78, 5) is 2.13. The molecule has 25 heavy (non-hydrogen) atoms. The molecule has 2 aromatic carbocycles. The quantitative estimate of drug-likeness (QED) is 0.795. The second-order valence-corrected chi connectivity index (χ2v) is 6.34. The molecule has 1 aliphatic rings. The van der Waals surface area contributed by atoms with E-state index in [4.69, 9.17) is 0 Å². The maximum Gasteiger partial charge on any atom is 0.151 e. The average Bonchev–Trinajstić information content (AvgIpc) is 3.22. The van der Waals surface area contributed by atoms with Crippen molar-refractivity contribution < 1.29 is 9.50 Å². The van der Waals surface area contributed by atoms with Crippen molar-refractivity contribution in [3.63, 3.8) is 0 Å². The number of aliphatic hydroxyl groups excluding tert-OH is 1. The number of likely N-dealkylation sites (tertiary alicyclic amines) is 1. The second kappa shape index (κ2) is 6.74. The number of nitrogens with zero attached hydrogens (tertiary/aromatic N) is 4. The molecule has 0 saturated carbocycles. The Hall–Kier alpha value is -2.57. The van der Waals surface area contributed by atoms with Crippen LogP contribution in [0.25, 0.3) is 5.69 Å². The van der Waals surface area contributed by atoms with Crippen molar-refractivity contribution in [2.45, 2.75) is 25.1 Å². The Bertz CT molecular complexity index is 851. The normalized spacial score (nSPS) is 20.9. The molecule has 0 bridgehead atoms. The predicted octanol–water partition coefficient (Wildman–Crippen LogP) is 2.71. The lowest BCUT2D eigenvalue weighted by Gasteiger charge is -2.24. The lowest BCUT2D eigenvalue weighted by molar-refractivity contribution is 0.171. The van der Waals surface area contributed by atoms with E-state index in [2.05, 4.69) is 15.1 Å². The van der Waals surface area contributed by atoms with Gasteiger partial charge in [0, 0.05) is 18.3 Å². The molecule has 4 rings (SSSR count). The highest BCUT2D eigenvalue weighted by molar-refractivity contribution is 5.32. The maximum atomic E-state index is 13.6. The largest absolute Gasteiger partial charge is 0.392 e. The zero-order valence-corrected chi connectivity index (χ0v) is 13.7. The van der Waals surface area contributed by atoms with Gasteiger partial charge in [-0.3, -0.25) is 9.47 Å². The Morgan fingerprint density at radius 2 is 1.96 bits per heavy atom. The SMILES string of the molecule is O[C@@H]1C[C@H](c2cccc(F)c2)N(Cc2nncn2-c2ccccc2)C1. The van der Waals surface area contributed by atoms with Crippen LogP contribution < -0.4 is 0 Å². The van der Waals surface area contributed by atoms with E-state index in [-0.39, 0.29) is 11.9 Å². The molecule has 1 N–H and O–H groups in total. The predicted molar refractivity (Wildman–Crippen MR) is 91.5 cm³/mol. The number of benzene rings is 2. The molecule has 2 atom stereocenters. The lowest BCUT2D eigenvalue weighted by Crippen LogP contribution is -2.26. The van der Waals surface area contributed by atoms with Gasteiger partial charge >= 0.3 is 0 Å². The van der Waals surface area contributed by atoms with Crippen LogP contribution in [-0.2, 0) is 6.54 Å². The minimum Gasteiger partial charge on any atom is -0.392 e. The number of β-amino-alcohol motifs (C(OH)–C–C–N with tert-alkyl or cyclic N) is 1. The van der Waals surface area contributed by atoms with E-state index in [1.807, 2.05) is 41.0 Å². The molecule has 128 valence electrons. The molecule has 1 aromatic heterocycles. The number of para-hydroxylation sites is 1. The van der Waals surface area contributed by atoms with E-state index in [1.165, 1.54) is 12.1 Å². The van der Waals surface area contributed by atoms with Gasteiger partial charge in [0.1, 0.15) is 12.1 Å². The topological polar surface area (TPSA) is 54.2 Å². The molecule has 0 spiro atoms. The number of hydrogen-bond donors (Lipinski definition) is 1. The van der Waals surface area contributed by atoms with Crippen LogP contribution in [0.5, 0.6) is 0 Å². The van der Waals surface area contributed by atoms with Crippen molar-refractivity contribution in [1.29, 1.82) is 0 Å². The lowest BCUT2D eigenvalue weighted by atomic mass is 10.0. The fourth-order valence-electron chi connectivity index (χ4n) is 3.47. The second-order valence-electron chi connectivity index (χ2n) is 6.34. The Labute approximate surface area is 145 Å². The third kappa shape index (κ3) is 3.31. The molecule has 0 aliphatic carbocycles. The summed E-state index contributed by atoms with van der Waals surface area (Å²) >= 11 is 0. The summed E-state index contributed by atoms with van der Waals surface area (Å²) in [6, 6.07) is 16.4.